The number of carbonyl (C=O) groups excluding carboxylic acids is 2. The molecule has 0 aromatic carbocycles. The summed E-state index contributed by atoms with van der Waals surface area (Å²) in [5, 5.41) is 11.5. The summed E-state index contributed by atoms with van der Waals surface area (Å²) in [5.41, 5.74) is 0. The summed E-state index contributed by atoms with van der Waals surface area (Å²) in [5.74, 6) is -1.98. The zero-order chi connectivity index (χ0) is 15.4. The van der Waals surface area contributed by atoms with Gasteiger partial charge in [0.2, 0.25) is 0 Å². The van der Waals surface area contributed by atoms with Crippen molar-refractivity contribution in [1.29, 1.82) is 0 Å². The van der Waals surface area contributed by atoms with Crippen molar-refractivity contribution in [3.05, 3.63) is 0 Å². The fourth-order valence-electron chi connectivity index (χ4n) is 2.33. The Bertz CT molecular complexity index is 396. The molecule has 1 fully saturated rings. The van der Waals surface area contributed by atoms with Gasteiger partial charge in [0, 0.05) is 13.1 Å². The molecule has 1 aliphatic heterocycles. The lowest BCUT2D eigenvalue weighted by Crippen LogP contribution is -2.49. The number of esters is 1. The predicted molar refractivity (Wildman–Crippen MR) is 71.0 cm³/mol. The molecule has 7 heteroatoms. The lowest BCUT2D eigenvalue weighted by Gasteiger charge is -2.23. The highest BCUT2D eigenvalue weighted by Crippen LogP contribution is 2.24. The Morgan fingerprint density at radius 1 is 1.30 bits per heavy atom. The van der Waals surface area contributed by atoms with E-state index in [-0.39, 0.29) is 30.3 Å². The van der Waals surface area contributed by atoms with Gasteiger partial charge in [0.25, 0.3) is 0 Å². The smallest absolute Gasteiger partial charge is 0.326 e. The third-order valence-electron chi connectivity index (χ3n) is 3.62. The minimum Gasteiger partial charge on any atom is -0.480 e. The van der Waals surface area contributed by atoms with Gasteiger partial charge in [-0.15, -0.1) is 0 Å². The maximum absolute atomic E-state index is 12.1. The summed E-state index contributed by atoms with van der Waals surface area (Å²) in [6.07, 6.45) is 0. The molecular formula is C13H22N2O5. The molecule has 0 aromatic rings. The molecule has 0 aliphatic carbocycles. The summed E-state index contributed by atoms with van der Waals surface area (Å²) in [4.78, 5) is 36.2. The second kappa shape index (κ2) is 6.58. The van der Waals surface area contributed by atoms with E-state index in [0.717, 1.165) is 0 Å². The Kier molecular flexibility index (Phi) is 5.35. The first-order valence-electron chi connectivity index (χ1n) is 6.64. The number of carbonyl (C=O) groups is 3. The molecule has 20 heavy (non-hydrogen) atoms. The van der Waals surface area contributed by atoms with Gasteiger partial charge in [0.05, 0.1) is 13.0 Å². The number of hydrogen-bond acceptors (Lipinski definition) is 4. The van der Waals surface area contributed by atoms with E-state index in [0.29, 0.717) is 6.54 Å². The van der Waals surface area contributed by atoms with E-state index in [9.17, 15) is 14.4 Å². The predicted octanol–water partition coefficient (Wildman–Crippen LogP) is 0.546. The van der Waals surface area contributed by atoms with Gasteiger partial charge in [-0.05, 0) is 11.8 Å². The minimum atomic E-state index is -1.06. The number of amides is 2. The molecular weight excluding hydrogens is 264 g/mol. The third-order valence-corrected chi connectivity index (χ3v) is 3.62. The maximum Gasteiger partial charge on any atom is 0.326 e. The Labute approximate surface area is 118 Å². The number of methoxy groups -OCH3 is 1. The maximum atomic E-state index is 12.1. The molecule has 0 spiro atoms. The van der Waals surface area contributed by atoms with Crippen LogP contribution in [0.3, 0.4) is 0 Å². The Balaban J connectivity index is 2.66. The van der Waals surface area contributed by atoms with Gasteiger partial charge >= 0.3 is 18.0 Å². The molecule has 2 N–H and O–H groups in total. The molecule has 114 valence electrons. The number of nitrogens with one attached hydrogen (secondary N) is 1. The van der Waals surface area contributed by atoms with E-state index in [1.54, 1.807) is 13.8 Å². The van der Waals surface area contributed by atoms with E-state index in [1.165, 1.54) is 12.0 Å². The quantitative estimate of drug-likeness (QED) is 0.736. The first-order chi connectivity index (χ1) is 9.27. The Hall–Kier alpha value is -1.79. The number of rotatable bonds is 4. The molecule has 0 saturated carbocycles. The van der Waals surface area contributed by atoms with Crippen LogP contribution in [0.2, 0.25) is 0 Å². The largest absolute Gasteiger partial charge is 0.480 e. The normalized spacial score (nSPS) is 23.6. The number of carboxylic acid groups (broad SMARTS) is 1. The number of carboxylic acids is 1. The fourth-order valence-corrected chi connectivity index (χ4v) is 2.33. The Morgan fingerprint density at radius 3 is 2.35 bits per heavy atom. The molecule has 3 atom stereocenters. The highest BCUT2D eigenvalue weighted by atomic mass is 16.5. The van der Waals surface area contributed by atoms with Crippen molar-refractivity contribution in [2.24, 2.45) is 17.8 Å². The molecule has 7 nitrogen and oxygen atoms in total. The van der Waals surface area contributed by atoms with Crippen LogP contribution in [0.15, 0.2) is 0 Å². The van der Waals surface area contributed by atoms with Gasteiger partial charge < -0.3 is 20.1 Å². The summed E-state index contributed by atoms with van der Waals surface area (Å²) < 4.78 is 4.70. The monoisotopic (exact) mass is 286 g/mol. The highest BCUT2D eigenvalue weighted by molar-refractivity contribution is 5.83. The van der Waals surface area contributed by atoms with Crippen LogP contribution in [0.4, 0.5) is 4.79 Å². The highest BCUT2D eigenvalue weighted by Gasteiger charge is 2.38. The number of aliphatic carboxylic acids is 1. The second-order valence-electron chi connectivity index (χ2n) is 5.52. The van der Waals surface area contributed by atoms with E-state index in [2.05, 4.69) is 5.32 Å². The molecule has 1 saturated heterocycles. The average molecular weight is 286 g/mol. The minimum absolute atomic E-state index is 0.00414. The summed E-state index contributed by atoms with van der Waals surface area (Å²) in [6, 6.07) is -1.39. The zero-order valence-corrected chi connectivity index (χ0v) is 12.3. The zero-order valence-electron chi connectivity index (χ0n) is 12.3. The van der Waals surface area contributed by atoms with Gasteiger partial charge in [-0.25, -0.2) is 9.59 Å². The van der Waals surface area contributed by atoms with E-state index in [1.807, 2.05) is 6.92 Å². The first kappa shape index (κ1) is 16.3. The van der Waals surface area contributed by atoms with Crippen molar-refractivity contribution >= 4 is 18.0 Å². The fraction of sp³-hybridized carbons (Fsp3) is 0.769. The van der Waals surface area contributed by atoms with Crippen LogP contribution in [-0.4, -0.2) is 54.2 Å². The summed E-state index contributed by atoms with van der Waals surface area (Å²) in [6.45, 7) is 5.98. The van der Waals surface area contributed by atoms with Crippen molar-refractivity contribution in [3.63, 3.8) is 0 Å². The van der Waals surface area contributed by atoms with Crippen molar-refractivity contribution < 1.29 is 24.2 Å². The van der Waals surface area contributed by atoms with Crippen molar-refractivity contribution in [2.75, 3.05) is 20.2 Å². The van der Waals surface area contributed by atoms with Crippen LogP contribution in [0.5, 0.6) is 0 Å². The molecule has 1 rings (SSSR count). The molecule has 0 bridgehead atoms. The van der Waals surface area contributed by atoms with Crippen LogP contribution in [0.25, 0.3) is 0 Å². The van der Waals surface area contributed by atoms with Crippen LogP contribution < -0.4 is 5.32 Å². The van der Waals surface area contributed by atoms with Crippen LogP contribution in [0, 0.1) is 17.8 Å². The number of nitrogens with zero attached hydrogens (tertiary/aromatic N) is 1. The van der Waals surface area contributed by atoms with E-state index in [4.69, 9.17) is 9.84 Å². The summed E-state index contributed by atoms with van der Waals surface area (Å²) in [7, 11) is 1.32. The third kappa shape index (κ3) is 3.61. The standard InChI is InChI=1S/C13H22N2O5/c1-7(2)10(11(16)17)14-13(19)15-5-8(3)9(6-15)12(18)20-4/h7-10H,5-6H2,1-4H3,(H,14,19)(H,16,17)/t8?,9?,10-/m0/s1. The molecule has 1 heterocycles. The molecule has 2 amide bonds. The van der Waals surface area contributed by atoms with Crippen LogP contribution >= 0.6 is 0 Å². The SMILES string of the molecule is COC(=O)C1CN(C(=O)N[C@H](C(=O)O)C(C)C)CC1C. The molecule has 1 aliphatic rings. The first-order valence-corrected chi connectivity index (χ1v) is 6.64. The van der Waals surface area contributed by atoms with Gasteiger partial charge in [-0.3, -0.25) is 4.79 Å². The number of hydrogen-bond donors (Lipinski definition) is 2. The van der Waals surface area contributed by atoms with Gasteiger partial charge in [0.1, 0.15) is 6.04 Å². The number of urea groups is 1. The Morgan fingerprint density at radius 2 is 1.90 bits per heavy atom. The van der Waals surface area contributed by atoms with Crippen LogP contribution in [-0.2, 0) is 14.3 Å². The molecule has 0 aromatic heterocycles. The van der Waals surface area contributed by atoms with Crippen molar-refractivity contribution in [3.8, 4) is 0 Å². The lowest BCUT2D eigenvalue weighted by atomic mass is 9.99. The van der Waals surface area contributed by atoms with Crippen molar-refractivity contribution in [2.45, 2.75) is 26.8 Å². The topological polar surface area (TPSA) is 95.9 Å². The number of ether oxygens (including phenoxy) is 1. The van der Waals surface area contributed by atoms with Gasteiger partial charge in [0.15, 0.2) is 0 Å². The van der Waals surface area contributed by atoms with Gasteiger partial charge in [-0.2, -0.15) is 0 Å². The number of likely N-dealkylation sites (tertiary alicyclic amines) is 1. The van der Waals surface area contributed by atoms with Gasteiger partial charge in [-0.1, -0.05) is 20.8 Å². The van der Waals surface area contributed by atoms with E-state index < -0.39 is 18.0 Å². The second-order valence-corrected chi connectivity index (χ2v) is 5.52. The average Bonchev–Trinajstić information content (AvgIpc) is 2.76. The van der Waals surface area contributed by atoms with Crippen molar-refractivity contribution in [1.82, 2.24) is 10.2 Å². The van der Waals surface area contributed by atoms with E-state index >= 15 is 0 Å². The summed E-state index contributed by atoms with van der Waals surface area (Å²) >= 11 is 0. The van der Waals surface area contributed by atoms with Crippen LogP contribution in [0.1, 0.15) is 20.8 Å². The molecule has 0 radical (unpaired) electrons. The lowest BCUT2D eigenvalue weighted by molar-refractivity contribution is -0.146. The molecule has 2 unspecified atom stereocenters.